The Labute approximate surface area is 82.5 Å². The van der Waals surface area contributed by atoms with Crippen molar-refractivity contribution in [1.82, 2.24) is 5.32 Å². The van der Waals surface area contributed by atoms with Gasteiger partial charge >= 0.3 is 0 Å². The second-order valence-corrected chi connectivity index (χ2v) is 4.00. The molecule has 0 aromatic heterocycles. The van der Waals surface area contributed by atoms with Gasteiger partial charge in [0.15, 0.2) is 0 Å². The van der Waals surface area contributed by atoms with E-state index in [-0.39, 0.29) is 5.91 Å². The zero-order chi connectivity index (χ0) is 9.54. The minimum Gasteiger partial charge on any atom is -0.326 e. The Morgan fingerprint density at radius 3 is 2.86 bits per heavy atom. The predicted molar refractivity (Wildman–Crippen MR) is 54.4 cm³/mol. The van der Waals surface area contributed by atoms with E-state index in [0.717, 1.165) is 24.3 Å². The molecule has 1 amide bonds. The number of hydrogen-bond acceptors (Lipinski definition) is 2. The molecular formula is C11H12N2O. The summed E-state index contributed by atoms with van der Waals surface area (Å²) >= 11 is 0. The van der Waals surface area contributed by atoms with Crippen molar-refractivity contribution in [2.24, 2.45) is 0 Å². The molecular weight excluding hydrogens is 176 g/mol. The highest BCUT2D eigenvalue weighted by atomic mass is 16.1. The molecule has 0 atom stereocenters. The largest absolute Gasteiger partial charge is 0.326 e. The lowest BCUT2D eigenvalue weighted by Gasteiger charge is -2.27. The van der Waals surface area contributed by atoms with E-state index in [9.17, 15) is 4.79 Å². The topological polar surface area (TPSA) is 41.1 Å². The molecule has 0 bridgehead atoms. The molecule has 2 aliphatic rings. The molecule has 3 rings (SSSR count). The molecule has 0 radical (unpaired) electrons. The minimum atomic E-state index is 0.115. The minimum absolute atomic E-state index is 0.115. The predicted octanol–water partition coefficient (Wildman–Crippen LogP) is 0.868. The van der Waals surface area contributed by atoms with Crippen molar-refractivity contribution < 1.29 is 4.79 Å². The van der Waals surface area contributed by atoms with Crippen LogP contribution < -0.4 is 10.6 Å². The van der Waals surface area contributed by atoms with Gasteiger partial charge in [0.05, 0.1) is 6.42 Å². The van der Waals surface area contributed by atoms with Crippen molar-refractivity contribution in [2.45, 2.75) is 12.3 Å². The summed E-state index contributed by atoms with van der Waals surface area (Å²) in [5.41, 5.74) is 3.50. The molecule has 1 saturated heterocycles. The molecule has 3 nitrogen and oxygen atoms in total. The maximum absolute atomic E-state index is 11.1. The molecule has 2 aliphatic heterocycles. The molecule has 0 aliphatic carbocycles. The average Bonchev–Trinajstić information content (AvgIpc) is 2.40. The zero-order valence-corrected chi connectivity index (χ0v) is 7.84. The Morgan fingerprint density at radius 1 is 1.29 bits per heavy atom. The van der Waals surface area contributed by atoms with Gasteiger partial charge in [-0.3, -0.25) is 4.79 Å². The normalized spacial score (nSPS) is 20.1. The van der Waals surface area contributed by atoms with E-state index >= 15 is 0 Å². The van der Waals surface area contributed by atoms with E-state index in [1.165, 1.54) is 5.56 Å². The van der Waals surface area contributed by atoms with Gasteiger partial charge in [-0.2, -0.15) is 0 Å². The van der Waals surface area contributed by atoms with Crippen LogP contribution in [0.15, 0.2) is 18.2 Å². The van der Waals surface area contributed by atoms with E-state index in [1.54, 1.807) is 0 Å². The fourth-order valence-electron chi connectivity index (χ4n) is 2.03. The average molecular weight is 188 g/mol. The maximum Gasteiger partial charge on any atom is 0.228 e. The third kappa shape index (κ3) is 1.13. The van der Waals surface area contributed by atoms with Gasteiger partial charge in [-0.1, -0.05) is 12.1 Å². The highest BCUT2D eigenvalue weighted by Crippen LogP contribution is 2.28. The summed E-state index contributed by atoms with van der Waals surface area (Å²) in [5.74, 6) is 0.764. The Bertz CT molecular complexity index is 396. The lowest BCUT2D eigenvalue weighted by molar-refractivity contribution is -0.115. The number of rotatable bonds is 1. The number of amides is 1. The summed E-state index contributed by atoms with van der Waals surface area (Å²) in [4.78, 5) is 11.1. The summed E-state index contributed by atoms with van der Waals surface area (Å²) in [5, 5.41) is 6.10. The Hall–Kier alpha value is -1.35. The summed E-state index contributed by atoms with van der Waals surface area (Å²) in [6, 6.07) is 6.31. The van der Waals surface area contributed by atoms with Crippen LogP contribution in [0.2, 0.25) is 0 Å². The molecule has 72 valence electrons. The SMILES string of the molecule is O=C1Cc2cc(C3CNC3)ccc2N1. The van der Waals surface area contributed by atoms with Crippen LogP contribution in [0.25, 0.3) is 0 Å². The summed E-state index contributed by atoms with van der Waals surface area (Å²) in [6.07, 6.45) is 0.545. The number of anilines is 1. The first-order chi connectivity index (χ1) is 6.83. The number of benzene rings is 1. The van der Waals surface area contributed by atoms with Crippen molar-refractivity contribution in [3.63, 3.8) is 0 Å². The molecule has 14 heavy (non-hydrogen) atoms. The van der Waals surface area contributed by atoms with Gasteiger partial charge in [0, 0.05) is 24.7 Å². The number of hydrogen-bond donors (Lipinski definition) is 2. The lowest BCUT2D eigenvalue weighted by atomic mass is 9.92. The molecule has 0 unspecified atom stereocenters. The number of nitrogens with one attached hydrogen (secondary N) is 2. The van der Waals surface area contributed by atoms with Gasteiger partial charge in [0.2, 0.25) is 5.91 Å². The second-order valence-electron chi connectivity index (χ2n) is 4.00. The molecule has 2 N–H and O–H groups in total. The van der Waals surface area contributed by atoms with Crippen molar-refractivity contribution in [1.29, 1.82) is 0 Å². The van der Waals surface area contributed by atoms with Gasteiger partial charge < -0.3 is 10.6 Å². The fraction of sp³-hybridized carbons (Fsp3) is 0.364. The summed E-state index contributed by atoms with van der Waals surface area (Å²) in [6.45, 7) is 2.14. The zero-order valence-electron chi connectivity index (χ0n) is 7.84. The molecule has 1 aromatic carbocycles. The molecule has 2 heterocycles. The van der Waals surface area contributed by atoms with Gasteiger partial charge in [0.1, 0.15) is 0 Å². The lowest BCUT2D eigenvalue weighted by Crippen LogP contribution is -2.39. The Balaban J connectivity index is 1.95. The third-order valence-corrected chi connectivity index (χ3v) is 3.01. The second kappa shape index (κ2) is 2.82. The Kier molecular flexibility index (Phi) is 1.61. The molecule has 1 fully saturated rings. The monoisotopic (exact) mass is 188 g/mol. The van der Waals surface area contributed by atoms with E-state index in [0.29, 0.717) is 12.3 Å². The van der Waals surface area contributed by atoms with Crippen LogP contribution in [0.5, 0.6) is 0 Å². The molecule has 0 saturated carbocycles. The number of fused-ring (bicyclic) bond motifs is 1. The van der Waals surface area contributed by atoms with Gasteiger partial charge in [0.25, 0.3) is 0 Å². The maximum atomic E-state index is 11.1. The third-order valence-electron chi connectivity index (χ3n) is 3.01. The van der Waals surface area contributed by atoms with Crippen molar-refractivity contribution >= 4 is 11.6 Å². The van der Waals surface area contributed by atoms with E-state index < -0.39 is 0 Å². The van der Waals surface area contributed by atoms with Crippen LogP contribution >= 0.6 is 0 Å². The molecule has 0 spiro atoms. The van der Waals surface area contributed by atoms with Crippen LogP contribution in [0, 0.1) is 0 Å². The van der Waals surface area contributed by atoms with E-state index in [2.05, 4.69) is 22.8 Å². The highest BCUT2D eigenvalue weighted by molar-refractivity contribution is 5.99. The van der Waals surface area contributed by atoms with E-state index in [1.807, 2.05) is 6.07 Å². The van der Waals surface area contributed by atoms with Crippen LogP contribution in [0.3, 0.4) is 0 Å². The van der Waals surface area contributed by atoms with E-state index in [4.69, 9.17) is 0 Å². The van der Waals surface area contributed by atoms with Crippen LogP contribution in [-0.2, 0) is 11.2 Å². The van der Waals surface area contributed by atoms with Crippen LogP contribution in [-0.4, -0.2) is 19.0 Å². The fourth-order valence-corrected chi connectivity index (χ4v) is 2.03. The first-order valence-corrected chi connectivity index (χ1v) is 4.96. The van der Waals surface area contributed by atoms with Crippen molar-refractivity contribution in [3.05, 3.63) is 29.3 Å². The van der Waals surface area contributed by atoms with Gasteiger partial charge in [-0.05, 0) is 17.2 Å². The summed E-state index contributed by atoms with van der Waals surface area (Å²) in [7, 11) is 0. The quantitative estimate of drug-likeness (QED) is 0.686. The number of carbonyl (C=O) groups is 1. The smallest absolute Gasteiger partial charge is 0.228 e. The van der Waals surface area contributed by atoms with Crippen molar-refractivity contribution in [3.8, 4) is 0 Å². The van der Waals surface area contributed by atoms with Crippen LogP contribution in [0.4, 0.5) is 5.69 Å². The highest BCUT2D eigenvalue weighted by Gasteiger charge is 2.22. The van der Waals surface area contributed by atoms with Crippen molar-refractivity contribution in [2.75, 3.05) is 18.4 Å². The molecule has 3 heteroatoms. The standard InChI is InChI=1S/C11H12N2O/c14-11-4-8-3-7(9-5-12-6-9)1-2-10(8)13-11/h1-3,9,12H,4-6H2,(H,13,14). The number of carbonyl (C=O) groups excluding carboxylic acids is 1. The first kappa shape index (κ1) is 8.00. The molecule has 1 aromatic rings. The first-order valence-electron chi connectivity index (χ1n) is 4.96. The van der Waals surface area contributed by atoms with Crippen LogP contribution in [0.1, 0.15) is 17.0 Å². The Morgan fingerprint density at radius 2 is 2.14 bits per heavy atom. The summed E-state index contributed by atoms with van der Waals surface area (Å²) < 4.78 is 0. The van der Waals surface area contributed by atoms with Gasteiger partial charge in [-0.15, -0.1) is 0 Å². The van der Waals surface area contributed by atoms with Gasteiger partial charge in [-0.25, -0.2) is 0 Å².